The van der Waals surface area contributed by atoms with E-state index in [0.717, 1.165) is 0 Å². The average Bonchev–Trinajstić information content (AvgIpc) is 2.08. The summed E-state index contributed by atoms with van der Waals surface area (Å²) in [6.07, 6.45) is -0.648. The van der Waals surface area contributed by atoms with Crippen molar-refractivity contribution >= 4 is 0 Å². The predicted molar refractivity (Wildman–Crippen MR) is 48.2 cm³/mol. The van der Waals surface area contributed by atoms with Gasteiger partial charge in [0.1, 0.15) is 0 Å². The molecule has 72 valence electrons. The van der Waals surface area contributed by atoms with E-state index in [2.05, 4.69) is 0 Å². The minimum absolute atomic E-state index is 0.229. The fourth-order valence-corrected chi connectivity index (χ4v) is 1.05. The molecule has 1 unspecified atom stereocenters. The van der Waals surface area contributed by atoms with Crippen LogP contribution in [0.25, 0.3) is 0 Å². The van der Waals surface area contributed by atoms with Crippen LogP contribution < -0.4 is 4.74 Å². The number of rotatable bonds is 3. The largest absolute Gasteiger partial charge is 0.491 e. The predicted octanol–water partition coefficient (Wildman–Crippen LogP) is 2.28. The Morgan fingerprint density at radius 3 is 2.69 bits per heavy atom. The standard InChI is InChI=1S/C10H13FO2/c1-3-13-10-5-4-8(7(2)12)6-9(10)11/h4-7,12H,3H2,1-2H3. The Morgan fingerprint density at radius 1 is 1.54 bits per heavy atom. The monoisotopic (exact) mass is 184 g/mol. The van der Waals surface area contributed by atoms with Gasteiger partial charge in [-0.3, -0.25) is 0 Å². The third-order valence-corrected chi connectivity index (χ3v) is 1.74. The van der Waals surface area contributed by atoms with Gasteiger partial charge in [0, 0.05) is 0 Å². The number of aliphatic hydroxyl groups is 1. The zero-order chi connectivity index (χ0) is 9.84. The van der Waals surface area contributed by atoms with E-state index in [9.17, 15) is 4.39 Å². The summed E-state index contributed by atoms with van der Waals surface area (Å²) in [7, 11) is 0. The molecule has 1 aromatic rings. The summed E-state index contributed by atoms with van der Waals surface area (Å²) >= 11 is 0. The summed E-state index contributed by atoms with van der Waals surface area (Å²) < 4.78 is 18.2. The summed E-state index contributed by atoms with van der Waals surface area (Å²) in [4.78, 5) is 0. The molecule has 0 amide bonds. The molecule has 0 radical (unpaired) electrons. The lowest BCUT2D eigenvalue weighted by Gasteiger charge is -2.08. The van der Waals surface area contributed by atoms with Gasteiger partial charge in [-0.2, -0.15) is 0 Å². The van der Waals surface area contributed by atoms with E-state index in [1.807, 2.05) is 0 Å². The molecule has 1 rings (SSSR count). The molecule has 0 saturated carbocycles. The first-order valence-electron chi connectivity index (χ1n) is 4.25. The quantitative estimate of drug-likeness (QED) is 0.780. The van der Waals surface area contributed by atoms with Crippen molar-refractivity contribution in [2.24, 2.45) is 0 Å². The third kappa shape index (κ3) is 2.42. The summed E-state index contributed by atoms with van der Waals surface area (Å²) in [6.45, 7) is 3.82. The molecule has 0 aliphatic heterocycles. The number of ether oxygens (including phenoxy) is 1. The van der Waals surface area contributed by atoms with Gasteiger partial charge in [-0.05, 0) is 31.5 Å². The van der Waals surface area contributed by atoms with Crippen LogP contribution in [0.5, 0.6) is 5.75 Å². The summed E-state index contributed by atoms with van der Waals surface area (Å²) in [5.74, 6) is -0.202. The second-order valence-electron chi connectivity index (χ2n) is 2.80. The highest BCUT2D eigenvalue weighted by Gasteiger charge is 2.06. The van der Waals surface area contributed by atoms with E-state index in [4.69, 9.17) is 9.84 Å². The van der Waals surface area contributed by atoms with Crippen LogP contribution in [0, 0.1) is 5.82 Å². The van der Waals surface area contributed by atoms with Gasteiger partial charge in [-0.1, -0.05) is 6.07 Å². The van der Waals surface area contributed by atoms with E-state index in [1.54, 1.807) is 19.9 Å². The Hall–Kier alpha value is -1.09. The van der Waals surface area contributed by atoms with Gasteiger partial charge in [-0.25, -0.2) is 4.39 Å². The van der Waals surface area contributed by atoms with Crippen LogP contribution in [0.15, 0.2) is 18.2 Å². The highest BCUT2D eigenvalue weighted by molar-refractivity contribution is 5.30. The molecule has 1 N–H and O–H groups in total. The maximum Gasteiger partial charge on any atom is 0.165 e. The molecule has 3 heteroatoms. The third-order valence-electron chi connectivity index (χ3n) is 1.74. The number of hydrogen-bond donors (Lipinski definition) is 1. The fourth-order valence-electron chi connectivity index (χ4n) is 1.05. The Bertz CT molecular complexity index is 284. The maximum atomic E-state index is 13.2. The topological polar surface area (TPSA) is 29.5 Å². The van der Waals surface area contributed by atoms with Gasteiger partial charge in [0.25, 0.3) is 0 Å². The SMILES string of the molecule is CCOc1ccc(C(C)O)cc1F. The molecular weight excluding hydrogens is 171 g/mol. The van der Waals surface area contributed by atoms with Crippen molar-refractivity contribution < 1.29 is 14.2 Å². The first-order chi connectivity index (χ1) is 6.15. The van der Waals surface area contributed by atoms with Crippen molar-refractivity contribution in [2.45, 2.75) is 20.0 Å². The molecule has 0 bridgehead atoms. The Morgan fingerprint density at radius 2 is 2.23 bits per heavy atom. The highest BCUT2D eigenvalue weighted by atomic mass is 19.1. The Labute approximate surface area is 77.0 Å². The molecule has 0 heterocycles. The van der Waals surface area contributed by atoms with Crippen LogP contribution in [0.3, 0.4) is 0 Å². The van der Waals surface area contributed by atoms with Crippen LogP contribution in [0.2, 0.25) is 0 Å². The van der Waals surface area contributed by atoms with Crippen molar-refractivity contribution in [3.8, 4) is 5.75 Å². The van der Waals surface area contributed by atoms with Gasteiger partial charge in [0.15, 0.2) is 11.6 Å². The molecule has 0 fully saturated rings. The molecule has 0 spiro atoms. The molecule has 0 aliphatic carbocycles. The molecule has 0 aliphatic rings. The maximum absolute atomic E-state index is 13.2. The molecule has 1 atom stereocenters. The summed E-state index contributed by atoms with van der Waals surface area (Å²) in [5.41, 5.74) is 0.556. The van der Waals surface area contributed by atoms with Crippen molar-refractivity contribution in [1.29, 1.82) is 0 Å². The van der Waals surface area contributed by atoms with Gasteiger partial charge in [0.2, 0.25) is 0 Å². The number of aliphatic hydroxyl groups excluding tert-OH is 1. The lowest BCUT2D eigenvalue weighted by atomic mass is 10.1. The molecule has 0 saturated heterocycles. The zero-order valence-electron chi connectivity index (χ0n) is 7.75. The van der Waals surface area contributed by atoms with Crippen molar-refractivity contribution in [2.75, 3.05) is 6.61 Å². The van der Waals surface area contributed by atoms with E-state index in [1.165, 1.54) is 12.1 Å². The normalized spacial score (nSPS) is 12.6. The minimum Gasteiger partial charge on any atom is -0.491 e. The van der Waals surface area contributed by atoms with Crippen LogP contribution in [-0.2, 0) is 0 Å². The fraction of sp³-hybridized carbons (Fsp3) is 0.400. The number of halogens is 1. The first kappa shape index (κ1) is 9.99. The smallest absolute Gasteiger partial charge is 0.165 e. The van der Waals surface area contributed by atoms with Gasteiger partial charge >= 0.3 is 0 Å². The molecule has 0 aromatic heterocycles. The van der Waals surface area contributed by atoms with E-state index in [0.29, 0.717) is 12.2 Å². The molecule has 13 heavy (non-hydrogen) atoms. The van der Waals surface area contributed by atoms with Crippen LogP contribution in [-0.4, -0.2) is 11.7 Å². The van der Waals surface area contributed by atoms with E-state index >= 15 is 0 Å². The van der Waals surface area contributed by atoms with E-state index in [-0.39, 0.29) is 5.75 Å². The average molecular weight is 184 g/mol. The van der Waals surface area contributed by atoms with Gasteiger partial charge in [-0.15, -0.1) is 0 Å². The van der Waals surface area contributed by atoms with E-state index < -0.39 is 11.9 Å². The minimum atomic E-state index is -0.648. The first-order valence-corrected chi connectivity index (χ1v) is 4.25. The summed E-state index contributed by atoms with van der Waals surface area (Å²) in [6, 6.07) is 4.47. The summed E-state index contributed by atoms with van der Waals surface area (Å²) in [5, 5.41) is 9.16. The van der Waals surface area contributed by atoms with Crippen molar-refractivity contribution in [1.82, 2.24) is 0 Å². The highest BCUT2D eigenvalue weighted by Crippen LogP contribution is 2.21. The van der Waals surface area contributed by atoms with Crippen LogP contribution in [0.1, 0.15) is 25.5 Å². The molecular formula is C10H13FO2. The zero-order valence-corrected chi connectivity index (χ0v) is 7.75. The molecule has 2 nitrogen and oxygen atoms in total. The number of hydrogen-bond acceptors (Lipinski definition) is 2. The second kappa shape index (κ2) is 4.23. The van der Waals surface area contributed by atoms with Crippen LogP contribution >= 0.6 is 0 Å². The van der Waals surface area contributed by atoms with Gasteiger partial charge < -0.3 is 9.84 Å². The second-order valence-corrected chi connectivity index (χ2v) is 2.80. The lowest BCUT2D eigenvalue weighted by Crippen LogP contribution is -1.97. The van der Waals surface area contributed by atoms with Gasteiger partial charge in [0.05, 0.1) is 12.7 Å². The lowest BCUT2D eigenvalue weighted by molar-refractivity contribution is 0.198. The van der Waals surface area contributed by atoms with Crippen LogP contribution in [0.4, 0.5) is 4.39 Å². The van der Waals surface area contributed by atoms with Crippen molar-refractivity contribution in [3.05, 3.63) is 29.6 Å². The van der Waals surface area contributed by atoms with Crippen molar-refractivity contribution in [3.63, 3.8) is 0 Å². The molecule has 1 aromatic carbocycles. The Balaban J connectivity index is 2.92. The number of benzene rings is 1. The Kier molecular flexibility index (Phi) is 3.25.